The number of nitrogen functional groups attached to an aromatic ring is 1. The molecule has 4 atom stereocenters. The predicted molar refractivity (Wildman–Crippen MR) is 69.5 cm³/mol. The second-order valence-electron chi connectivity index (χ2n) is 4.27. The van der Waals surface area contributed by atoms with Crippen molar-refractivity contribution in [1.82, 2.24) is 19.5 Å². The summed E-state index contributed by atoms with van der Waals surface area (Å²) in [6, 6.07) is 0. The Morgan fingerprint density at radius 1 is 1.42 bits per heavy atom. The highest BCUT2D eigenvalue weighted by atomic mass is 79.9. The van der Waals surface area contributed by atoms with E-state index in [2.05, 4.69) is 30.9 Å². The van der Waals surface area contributed by atoms with Gasteiger partial charge in [-0.25, -0.2) is 15.0 Å². The number of rotatable bonds is 2. The first-order chi connectivity index (χ1) is 9.13. The third-order valence-electron chi connectivity index (χ3n) is 3.13. The number of ether oxygens (including phenoxy) is 1. The third-order valence-corrected chi connectivity index (χ3v) is 4.13. The monoisotopic (exact) mass is 329 g/mol. The van der Waals surface area contributed by atoms with Crippen LogP contribution in [0.1, 0.15) is 6.23 Å². The van der Waals surface area contributed by atoms with E-state index in [1.807, 2.05) is 0 Å². The summed E-state index contributed by atoms with van der Waals surface area (Å²) in [5, 5.41) is 19.1. The van der Waals surface area contributed by atoms with Crippen LogP contribution in [0.5, 0.6) is 0 Å². The molecule has 19 heavy (non-hydrogen) atoms. The zero-order valence-electron chi connectivity index (χ0n) is 9.72. The molecule has 2 aromatic rings. The molecular weight excluding hydrogens is 318 g/mol. The summed E-state index contributed by atoms with van der Waals surface area (Å²) >= 11 is 3.37. The summed E-state index contributed by atoms with van der Waals surface area (Å²) in [5.41, 5.74) is 6.72. The van der Waals surface area contributed by atoms with Crippen molar-refractivity contribution < 1.29 is 14.9 Å². The maximum Gasteiger partial charge on any atom is 0.167 e. The minimum atomic E-state index is -0.813. The van der Waals surface area contributed by atoms with Crippen molar-refractivity contribution in [3.63, 3.8) is 0 Å². The van der Waals surface area contributed by atoms with Gasteiger partial charge in [-0.1, -0.05) is 15.9 Å². The Labute approximate surface area is 116 Å². The zero-order valence-corrected chi connectivity index (χ0v) is 11.3. The number of imidazole rings is 1. The van der Waals surface area contributed by atoms with Gasteiger partial charge in [0.2, 0.25) is 0 Å². The highest BCUT2D eigenvalue weighted by molar-refractivity contribution is 9.09. The number of alkyl halides is 1. The number of hydrogen-bond donors (Lipinski definition) is 3. The van der Waals surface area contributed by atoms with Crippen LogP contribution in [0.2, 0.25) is 0 Å². The molecule has 0 radical (unpaired) electrons. The van der Waals surface area contributed by atoms with Gasteiger partial charge >= 0.3 is 0 Å². The molecule has 2 aromatic heterocycles. The highest BCUT2D eigenvalue weighted by Crippen LogP contribution is 2.36. The molecule has 0 saturated carbocycles. The fourth-order valence-electron chi connectivity index (χ4n) is 2.13. The van der Waals surface area contributed by atoms with E-state index in [0.717, 1.165) is 0 Å². The lowest BCUT2D eigenvalue weighted by atomic mass is 10.2. The number of aliphatic hydroxyl groups is 2. The van der Waals surface area contributed by atoms with Gasteiger partial charge in [0.1, 0.15) is 17.9 Å². The molecule has 1 fully saturated rings. The quantitative estimate of drug-likeness (QED) is 0.630. The van der Waals surface area contributed by atoms with Gasteiger partial charge in [0.25, 0.3) is 0 Å². The number of anilines is 1. The van der Waals surface area contributed by atoms with Gasteiger partial charge < -0.3 is 20.7 Å². The largest absolute Gasteiger partial charge is 0.394 e. The molecule has 0 bridgehead atoms. The molecule has 1 aliphatic heterocycles. The van der Waals surface area contributed by atoms with E-state index in [0.29, 0.717) is 11.2 Å². The van der Waals surface area contributed by atoms with Gasteiger partial charge in [-0.3, -0.25) is 4.57 Å². The highest BCUT2D eigenvalue weighted by Gasteiger charge is 2.43. The number of hydrogen-bond acceptors (Lipinski definition) is 7. The van der Waals surface area contributed by atoms with Gasteiger partial charge in [0.05, 0.1) is 23.9 Å². The SMILES string of the molecule is Nc1ncnc2c1ncn2[C@@H]1O[C@H](CO)[C@H](O)C1Br. The van der Waals surface area contributed by atoms with Crippen molar-refractivity contribution in [2.24, 2.45) is 0 Å². The minimum absolute atomic E-state index is 0.260. The first kappa shape index (κ1) is 12.7. The van der Waals surface area contributed by atoms with E-state index in [1.165, 1.54) is 12.7 Å². The molecule has 102 valence electrons. The number of aromatic nitrogens is 4. The summed E-state index contributed by atoms with van der Waals surface area (Å²) in [7, 11) is 0. The van der Waals surface area contributed by atoms with E-state index in [1.54, 1.807) is 4.57 Å². The van der Waals surface area contributed by atoms with Crippen LogP contribution in [0.15, 0.2) is 12.7 Å². The second kappa shape index (κ2) is 4.67. The molecule has 3 rings (SSSR count). The van der Waals surface area contributed by atoms with Crippen LogP contribution < -0.4 is 5.73 Å². The summed E-state index contributed by atoms with van der Waals surface area (Å²) in [6.45, 7) is -0.260. The molecule has 0 spiro atoms. The van der Waals surface area contributed by atoms with Crippen LogP contribution in [0.25, 0.3) is 11.2 Å². The first-order valence-electron chi connectivity index (χ1n) is 5.65. The van der Waals surface area contributed by atoms with Gasteiger partial charge in [0, 0.05) is 0 Å². The van der Waals surface area contributed by atoms with Crippen molar-refractivity contribution in [2.75, 3.05) is 12.3 Å². The fraction of sp³-hybridized carbons (Fsp3) is 0.500. The molecule has 1 aliphatic rings. The van der Waals surface area contributed by atoms with Crippen molar-refractivity contribution in [1.29, 1.82) is 0 Å². The van der Waals surface area contributed by atoms with Crippen LogP contribution in [0.3, 0.4) is 0 Å². The maximum atomic E-state index is 9.93. The van der Waals surface area contributed by atoms with Crippen LogP contribution in [-0.2, 0) is 4.74 Å². The topological polar surface area (TPSA) is 119 Å². The van der Waals surface area contributed by atoms with E-state index in [4.69, 9.17) is 15.6 Å². The van der Waals surface area contributed by atoms with Crippen LogP contribution in [0.4, 0.5) is 5.82 Å². The molecule has 0 aromatic carbocycles. The van der Waals surface area contributed by atoms with E-state index in [-0.39, 0.29) is 17.3 Å². The first-order valence-corrected chi connectivity index (χ1v) is 6.56. The Kier molecular flexibility index (Phi) is 3.13. The number of nitrogens with two attached hydrogens (primary N) is 1. The van der Waals surface area contributed by atoms with Gasteiger partial charge in [-0.05, 0) is 0 Å². The third kappa shape index (κ3) is 1.89. The standard InChI is InChI=1S/C10H12BrN5O3/c11-5-7(18)4(1-17)19-10(5)16-3-15-6-8(12)13-2-14-9(6)16/h2-5,7,10,17-18H,1H2,(H2,12,13,14)/t4-,5?,7+,10-/m1/s1. The second-order valence-corrected chi connectivity index (χ2v) is 5.32. The molecule has 9 heteroatoms. The molecular formula is C10H12BrN5O3. The normalized spacial score (nSPS) is 31.1. The van der Waals surface area contributed by atoms with Gasteiger partial charge in [-0.15, -0.1) is 0 Å². The van der Waals surface area contributed by atoms with E-state index in [9.17, 15) is 5.11 Å². The number of aliphatic hydroxyl groups excluding tert-OH is 2. The van der Waals surface area contributed by atoms with Crippen LogP contribution >= 0.6 is 15.9 Å². The van der Waals surface area contributed by atoms with E-state index >= 15 is 0 Å². The Hall–Kier alpha value is -1.29. The molecule has 3 heterocycles. The maximum absolute atomic E-state index is 9.93. The Morgan fingerprint density at radius 3 is 2.89 bits per heavy atom. The molecule has 0 aliphatic carbocycles. The predicted octanol–water partition coefficient (Wildman–Crippen LogP) is -0.577. The van der Waals surface area contributed by atoms with Gasteiger partial charge in [0.15, 0.2) is 17.7 Å². The van der Waals surface area contributed by atoms with Crippen molar-refractivity contribution in [3.05, 3.63) is 12.7 Å². The Morgan fingerprint density at radius 2 is 2.21 bits per heavy atom. The number of halogens is 1. The summed E-state index contributed by atoms with van der Waals surface area (Å²) in [6.07, 6.45) is 0.888. The smallest absolute Gasteiger partial charge is 0.167 e. The summed E-state index contributed by atoms with van der Waals surface area (Å²) in [5.74, 6) is 0.284. The number of fused-ring (bicyclic) bond motifs is 1. The lowest BCUT2D eigenvalue weighted by Crippen LogP contribution is -2.29. The lowest BCUT2D eigenvalue weighted by Gasteiger charge is -2.16. The Bertz CT molecular complexity index is 606. The molecule has 8 nitrogen and oxygen atoms in total. The summed E-state index contributed by atoms with van der Waals surface area (Å²) < 4.78 is 7.26. The number of nitrogens with zero attached hydrogens (tertiary/aromatic N) is 4. The van der Waals surface area contributed by atoms with Crippen LogP contribution in [-0.4, -0.2) is 53.4 Å². The van der Waals surface area contributed by atoms with Crippen molar-refractivity contribution >= 4 is 32.9 Å². The summed E-state index contributed by atoms with van der Waals surface area (Å²) in [4.78, 5) is 11.7. The average Bonchev–Trinajstić information content (AvgIpc) is 2.94. The van der Waals surface area contributed by atoms with E-state index < -0.39 is 18.4 Å². The zero-order chi connectivity index (χ0) is 13.6. The van der Waals surface area contributed by atoms with Crippen molar-refractivity contribution in [2.45, 2.75) is 23.3 Å². The van der Waals surface area contributed by atoms with Gasteiger partial charge in [-0.2, -0.15) is 0 Å². The van der Waals surface area contributed by atoms with Crippen molar-refractivity contribution in [3.8, 4) is 0 Å². The molecule has 1 unspecified atom stereocenters. The Balaban J connectivity index is 2.04. The molecule has 4 N–H and O–H groups in total. The minimum Gasteiger partial charge on any atom is -0.394 e. The average molecular weight is 330 g/mol. The fourth-order valence-corrected chi connectivity index (χ4v) is 2.85. The lowest BCUT2D eigenvalue weighted by molar-refractivity contribution is -0.0430. The van der Waals surface area contributed by atoms with Crippen LogP contribution in [0, 0.1) is 0 Å². The molecule has 1 saturated heterocycles. The molecule has 0 amide bonds.